The van der Waals surface area contributed by atoms with E-state index in [2.05, 4.69) is 29.3 Å². The first-order valence-corrected chi connectivity index (χ1v) is 9.21. The van der Waals surface area contributed by atoms with E-state index in [0.29, 0.717) is 13.2 Å². The van der Waals surface area contributed by atoms with Gasteiger partial charge in [-0.15, -0.1) is 10.2 Å². The molecule has 0 aliphatic heterocycles. The molecule has 0 bridgehead atoms. The highest BCUT2D eigenvalue weighted by Crippen LogP contribution is 2.22. The molecule has 0 aliphatic carbocycles. The van der Waals surface area contributed by atoms with Gasteiger partial charge in [0.25, 0.3) is 0 Å². The largest absolute Gasteiger partial charge is 0.494 e. The topological polar surface area (TPSA) is 49.2 Å². The Bertz CT molecular complexity index is 802. The van der Waals surface area contributed by atoms with Gasteiger partial charge in [0, 0.05) is 5.75 Å². The molecule has 0 aliphatic rings. The molecule has 1 heterocycles. The fraction of sp³-hybridized carbons (Fsp3) is 0.263. The SMILES string of the molecule is CCOc1ccc(OCCSc2nncn2-c2ccccc2C)cc1. The number of rotatable bonds is 8. The Hall–Kier alpha value is -2.47. The summed E-state index contributed by atoms with van der Waals surface area (Å²) in [5.41, 5.74) is 2.29. The summed E-state index contributed by atoms with van der Waals surface area (Å²) in [6, 6.07) is 15.9. The molecule has 1 aromatic heterocycles. The summed E-state index contributed by atoms with van der Waals surface area (Å²) in [5.74, 6) is 2.48. The van der Waals surface area contributed by atoms with Crippen molar-refractivity contribution in [3.05, 3.63) is 60.4 Å². The Kier molecular flexibility index (Phi) is 5.95. The highest BCUT2D eigenvalue weighted by Gasteiger charge is 2.08. The maximum Gasteiger partial charge on any atom is 0.195 e. The van der Waals surface area contributed by atoms with Crippen LogP contribution in [-0.2, 0) is 0 Å². The number of ether oxygens (including phenoxy) is 2. The molecule has 0 spiro atoms. The molecular weight excluding hydrogens is 334 g/mol. The minimum Gasteiger partial charge on any atom is -0.494 e. The molecule has 0 radical (unpaired) electrons. The van der Waals surface area contributed by atoms with Gasteiger partial charge in [-0.2, -0.15) is 0 Å². The summed E-state index contributed by atoms with van der Waals surface area (Å²) in [7, 11) is 0. The molecule has 5 nitrogen and oxygen atoms in total. The van der Waals surface area contributed by atoms with E-state index >= 15 is 0 Å². The van der Waals surface area contributed by atoms with Crippen molar-refractivity contribution in [2.75, 3.05) is 19.0 Å². The Morgan fingerprint density at radius 2 is 1.72 bits per heavy atom. The van der Waals surface area contributed by atoms with Crippen LogP contribution in [-0.4, -0.2) is 33.7 Å². The summed E-state index contributed by atoms with van der Waals surface area (Å²) in [4.78, 5) is 0. The van der Waals surface area contributed by atoms with Gasteiger partial charge < -0.3 is 9.47 Å². The minimum absolute atomic E-state index is 0.597. The van der Waals surface area contributed by atoms with Gasteiger partial charge in [0.05, 0.1) is 18.9 Å². The van der Waals surface area contributed by atoms with Crippen LogP contribution in [0.1, 0.15) is 12.5 Å². The minimum atomic E-state index is 0.597. The number of para-hydroxylation sites is 1. The Morgan fingerprint density at radius 3 is 2.44 bits per heavy atom. The van der Waals surface area contributed by atoms with E-state index in [9.17, 15) is 0 Å². The van der Waals surface area contributed by atoms with Crippen molar-refractivity contribution in [1.29, 1.82) is 0 Å². The summed E-state index contributed by atoms with van der Waals surface area (Å²) in [6.45, 7) is 5.31. The van der Waals surface area contributed by atoms with Crippen LogP contribution in [0.3, 0.4) is 0 Å². The van der Waals surface area contributed by atoms with E-state index in [1.54, 1.807) is 18.1 Å². The van der Waals surface area contributed by atoms with Crippen LogP contribution in [0.15, 0.2) is 60.0 Å². The molecule has 130 valence electrons. The molecule has 0 saturated heterocycles. The molecule has 2 aromatic carbocycles. The number of hydrogen-bond acceptors (Lipinski definition) is 5. The van der Waals surface area contributed by atoms with Gasteiger partial charge in [0.15, 0.2) is 5.16 Å². The zero-order valence-electron chi connectivity index (χ0n) is 14.4. The van der Waals surface area contributed by atoms with E-state index < -0.39 is 0 Å². The number of aryl methyl sites for hydroxylation is 1. The lowest BCUT2D eigenvalue weighted by Crippen LogP contribution is -2.03. The predicted molar refractivity (Wildman–Crippen MR) is 99.9 cm³/mol. The predicted octanol–water partition coefficient (Wildman–Crippen LogP) is 4.15. The molecule has 0 amide bonds. The second kappa shape index (κ2) is 8.58. The standard InChI is InChI=1S/C19H21N3O2S/c1-3-23-16-8-10-17(11-9-16)24-12-13-25-19-21-20-14-22(19)18-7-5-4-6-15(18)2/h4-11,14H,3,12-13H2,1-2H3. The molecule has 0 N–H and O–H groups in total. The molecule has 0 unspecified atom stereocenters. The molecule has 0 atom stereocenters. The zero-order chi connectivity index (χ0) is 17.5. The molecule has 25 heavy (non-hydrogen) atoms. The zero-order valence-corrected chi connectivity index (χ0v) is 15.2. The number of nitrogens with zero attached hydrogens (tertiary/aromatic N) is 3. The van der Waals surface area contributed by atoms with Gasteiger partial charge in [0.1, 0.15) is 17.8 Å². The van der Waals surface area contributed by atoms with E-state index in [-0.39, 0.29) is 0 Å². The van der Waals surface area contributed by atoms with Gasteiger partial charge in [-0.1, -0.05) is 30.0 Å². The highest BCUT2D eigenvalue weighted by molar-refractivity contribution is 7.99. The van der Waals surface area contributed by atoms with Crippen molar-refractivity contribution in [3.63, 3.8) is 0 Å². The lowest BCUT2D eigenvalue weighted by molar-refractivity contribution is 0.332. The maximum atomic E-state index is 5.77. The second-order valence-electron chi connectivity index (χ2n) is 5.37. The third-order valence-corrected chi connectivity index (χ3v) is 4.52. The van der Waals surface area contributed by atoms with Crippen molar-refractivity contribution in [2.45, 2.75) is 19.0 Å². The third kappa shape index (κ3) is 4.54. The van der Waals surface area contributed by atoms with Crippen LogP contribution in [0.2, 0.25) is 0 Å². The van der Waals surface area contributed by atoms with Crippen LogP contribution in [0.4, 0.5) is 0 Å². The first kappa shape index (κ1) is 17.4. The monoisotopic (exact) mass is 355 g/mol. The molecular formula is C19H21N3O2S. The summed E-state index contributed by atoms with van der Waals surface area (Å²) >= 11 is 1.63. The van der Waals surface area contributed by atoms with Crippen LogP contribution >= 0.6 is 11.8 Å². The first-order valence-electron chi connectivity index (χ1n) is 8.22. The molecule has 3 aromatic rings. The van der Waals surface area contributed by atoms with Crippen molar-refractivity contribution in [3.8, 4) is 17.2 Å². The number of hydrogen-bond donors (Lipinski definition) is 0. The number of thioether (sulfide) groups is 1. The van der Waals surface area contributed by atoms with Crippen LogP contribution in [0.5, 0.6) is 11.5 Å². The van der Waals surface area contributed by atoms with Gasteiger partial charge in [-0.05, 0) is 49.7 Å². The van der Waals surface area contributed by atoms with Crippen molar-refractivity contribution in [2.24, 2.45) is 0 Å². The molecule has 3 rings (SSSR count). The quantitative estimate of drug-likeness (QED) is 0.449. The van der Waals surface area contributed by atoms with Gasteiger partial charge in [-0.3, -0.25) is 4.57 Å². The van der Waals surface area contributed by atoms with E-state index in [1.165, 1.54) is 5.56 Å². The van der Waals surface area contributed by atoms with E-state index in [4.69, 9.17) is 9.47 Å². The van der Waals surface area contributed by atoms with E-state index in [0.717, 1.165) is 28.1 Å². The fourth-order valence-electron chi connectivity index (χ4n) is 2.41. The van der Waals surface area contributed by atoms with Crippen molar-refractivity contribution in [1.82, 2.24) is 14.8 Å². The average Bonchev–Trinajstić information content (AvgIpc) is 3.09. The summed E-state index contributed by atoms with van der Waals surface area (Å²) in [5, 5.41) is 9.12. The molecule has 6 heteroatoms. The maximum absolute atomic E-state index is 5.77. The van der Waals surface area contributed by atoms with Gasteiger partial charge in [-0.25, -0.2) is 0 Å². The second-order valence-corrected chi connectivity index (χ2v) is 6.43. The normalized spacial score (nSPS) is 10.6. The lowest BCUT2D eigenvalue weighted by atomic mass is 10.2. The van der Waals surface area contributed by atoms with E-state index in [1.807, 2.05) is 47.9 Å². The Morgan fingerprint density at radius 1 is 1.00 bits per heavy atom. The van der Waals surface area contributed by atoms with Crippen LogP contribution < -0.4 is 9.47 Å². The first-order chi connectivity index (χ1) is 12.3. The van der Waals surface area contributed by atoms with Crippen molar-refractivity contribution < 1.29 is 9.47 Å². The van der Waals surface area contributed by atoms with Gasteiger partial charge in [0.2, 0.25) is 0 Å². The van der Waals surface area contributed by atoms with Crippen LogP contribution in [0, 0.1) is 6.92 Å². The average molecular weight is 355 g/mol. The third-order valence-electron chi connectivity index (χ3n) is 3.61. The summed E-state index contributed by atoms with van der Waals surface area (Å²) in [6.07, 6.45) is 1.75. The fourth-order valence-corrected chi connectivity index (χ4v) is 3.15. The number of benzene rings is 2. The van der Waals surface area contributed by atoms with Crippen molar-refractivity contribution >= 4 is 11.8 Å². The molecule has 0 saturated carbocycles. The Labute approximate surface area is 152 Å². The number of aromatic nitrogens is 3. The highest BCUT2D eigenvalue weighted by atomic mass is 32.2. The summed E-state index contributed by atoms with van der Waals surface area (Å²) < 4.78 is 13.2. The van der Waals surface area contributed by atoms with Gasteiger partial charge >= 0.3 is 0 Å². The smallest absolute Gasteiger partial charge is 0.195 e. The molecule has 0 fully saturated rings. The lowest BCUT2D eigenvalue weighted by Gasteiger charge is -2.10. The Balaban J connectivity index is 1.53. The van der Waals surface area contributed by atoms with Crippen LogP contribution in [0.25, 0.3) is 5.69 Å².